The van der Waals surface area contributed by atoms with Crippen LogP contribution in [0.4, 0.5) is 0 Å². The van der Waals surface area contributed by atoms with Crippen LogP contribution in [-0.2, 0) is 4.74 Å². The number of hydrogen-bond acceptors (Lipinski definition) is 4. The zero-order chi connectivity index (χ0) is 12.1. The van der Waals surface area contributed by atoms with Crippen LogP contribution in [-0.4, -0.2) is 35.3 Å². The van der Waals surface area contributed by atoms with Crippen LogP contribution < -0.4 is 0 Å². The fraction of sp³-hybridized carbons (Fsp3) is 0.364. The molecule has 0 amide bonds. The molecule has 88 valence electrons. The fourth-order valence-corrected chi connectivity index (χ4v) is 1.44. The predicted molar refractivity (Wildman–Crippen MR) is 59.5 cm³/mol. The summed E-state index contributed by atoms with van der Waals surface area (Å²) in [6.45, 7) is 0. The average Bonchev–Trinajstić information content (AvgIpc) is 2.36. The van der Waals surface area contributed by atoms with Gasteiger partial charge in [-0.1, -0.05) is 12.1 Å². The lowest BCUT2D eigenvalue weighted by Gasteiger charge is -2.16. The quantitative estimate of drug-likeness (QED) is 0.615. The molecule has 4 nitrogen and oxygen atoms in total. The van der Waals surface area contributed by atoms with Crippen molar-refractivity contribution in [1.29, 1.82) is 0 Å². The van der Waals surface area contributed by atoms with Gasteiger partial charge in [-0.25, -0.2) is 4.79 Å². The van der Waals surface area contributed by atoms with Gasteiger partial charge in [0.1, 0.15) is 6.10 Å². The summed E-state index contributed by atoms with van der Waals surface area (Å²) >= 11 is 5.42. The van der Waals surface area contributed by atoms with Crippen LogP contribution in [0.25, 0.3) is 0 Å². The summed E-state index contributed by atoms with van der Waals surface area (Å²) in [7, 11) is 1.28. The number of halogens is 1. The lowest BCUT2D eigenvalue weighted by atomic mass is 10.0. The second-order valence-corrected chi connectivity index (χ2v) is 3.59. The van der Waals surface area contributed by atoms with E-state index in [9.17, 15) is 15.0 Å². The molecule has 2 N–H and O–H groups in total. The van der Waals surface area contributed by atoms with Gasteiger partial charge in [-0.05, 0) is 17.7 Å². The molecule has 0 saturated carbocycles. The van der Waals surface area contributed by atoms with Crippen molar-refractivity contribution in [2.75, 3.05) is 13.0 Å². The normalized spacial score (nSPS) is 14.2. The molecule has 1 aromatic carbocycles. The summed E-state index contributed by atoms with van der Waals surface area (Å²) in [6, 6.07) is 6.24. The SMILES string of the molecule is COC(=O)c1cccc(C(O)C(O)CCl)c1. The number of esters is 1. The summed E-state index contributed by atoms with van der Waals surface area (Å²) in [5.41, 5.74) is 0.747. The van der Waals surface area contributed by atoms with Crippen molar-refractivity contribution in [3.63, 3.8) is 0 Å². The molecule has 0 radical (unpaired) electrons. The molecule has 5 heteroatoms. The Morgan fingerprint density at radius 1 is 1.50 bits per heavy atom. The number of carbonyl (C=O) groups excluding carboxylic acids is 1. The van der Waals surface area contributed by atoms with Gasteiger partial charge < -0.3 is 14.9 Å². The van der Waals surface area contributed by atoms with Crippen molar-refractivity contribution in [2.45, 2.75) is 12.2 Å². The molecular formula is C11H13ClO4. The summed E-state index contributed by atoms with van der Waals surface area (Å²) in [5.74, 6) is -0.571. The van der Waals surface area contributed by atoms with E-state index in [1.54, 1.807) is 18.2 Å². The first-order valence-corrected chi connectivity index (χ1v) is 5.24. The van der Waals surface area contributed by atoms with Gasteiger partial charge in [0.05, 0.1) is 24.7 Å². The van der Waals surface area contributed by atoms with E-state index in [2.05, 4.69) is 4.74 Å². The van der Waals surface area contributed by atoms with Crippen molar-refractivity contribution < 1.29 is 19.7 Å². The summed E-state index contributed by atoms with van der Waals surface area (Å²) in [5, 5.41) is 19.0. The highest BCUT2D eigenvalue weighted by Gasteiger charge is 2.18. The number of carbonyl (C=O) groups is 1. The Hall–Kier alpha value is -1.10. The maximum Gasteiger partial charge on any atom is 0.337 e. The Kier molecular flexibility index (Phi) is 4.73. The van der Waals surface area contributed by atoms with Gasteiger partial charge in [0.15, 0.2) is 0 Å². The molecule has 0 aliphatic carbocycles. The summed E-state index contributed by atoms with van der Waals surface area (Å²) < 4.78 is 4.55. The topological polar surface area (TPSA) is 66.8 Å². The molecule has 16 heavy (non-hydrogen) atoms. The van der Waals surface area contributed by atoms with Crippen LogP contribution in [0.15, 0.2) is 24.3 Å². The zero-order valence-corrected chi connectivity index (χ0v) is 9.52. The number of methoxy groups -OCH3 is 1. The fourth-order valence-electron chi connectivity index (χ4n) is 1.27. The van der Waals surface area contributed by atoms with E-state index in [0.717, 1.165) is 0 Å². The van der Waals surface area contributed by atoms with Crippen molar-refractivity contribution >= 4 is 17.6 Å². The van der Waals surface area contributed by atoms with Gasteiger partial charge in [-0.2, -0.15) is 0 Å². The Bertz CT molecular complexity index is 367. The molecule has 1 rings (SSSR count). The van der Waals surface area contributed by atoms with Gasteiger partial charge in [0.25, 0.3) is 0 Å². The molecule has 2 unspecified atom stereocenters. The monoisotopic (exact) mass is 244 g/mol. The average molecular weight is 245 g/mol. The smallest absolute Gasteiger partial charge is 0.337 e. The highest BCUT2D eigenvalue weighted by atomic mass is 35.5. The Morgan fingerprint density at radius 2 is 2.19 bits per heavy atom. The van der Waals surface area contributed by atoms with E-state index < -0.39 is 18.2 Å². The van der Waals surface area contributed by atoms with E-state index in [-0.39, 0.29) is 5.88 Å². The third-order valence-corrected chi connectivity index (χ3v) is 2.49. The van der Waals surface area contributed by atoms with Crippen LogP contribution in [0.2, 0.25) is 0 Å². The van der Waals surface area contributed by atoms with E-state index in [1.807, 2.05) is 0 Å². The van der Waals surface area contributed by atoms with E-state index in [1.165, 1.54) is 13.2 Å². The highest BCUT2D eigenvalue weighted by Crippen LogP contribution is 2.19. The number of aliphatic hydroxyl groups is 2. The number of hydrogen-bond donors (Lipinski definition) is 2. The van der Waals surface area contributed by atoms with Gasteiger partial charge in [0.2, 0.25) is 0 Å². The maximum atomic E-state index is 11.2. The number of alkyl halides is 1. The Balaban J connectivity index is 2.94. The van der Waals surface area contributed by atoms with Crippen molar-refractivity contribution in [3.8, 4) is 0 Å². The third-order valence-electron chi connectivity index (χ3n) is 2.17. The van der Waals surface area contributed by atoms with Gasteiger partial charge in [-0.3, -0.25) is 0 Å². The Labute approximate surface area is 98.4 Å². The number of benzene rings is 1. The van der Waals surface area contributed by atoms with Crippen molar-refractivity contribution in [3.05, 3.63) is 35.4 Å². The number of ether oxygens (including phenoxy) is 1. The first kappa shape index (κ1) is 13.0. The molecule has 0 aromatic heterocycles. The Morgan fingerprint density at radius 3 is 2.75 bits per heavy atom. The minimum atomic E-state index is -1.11. The second kappa shape index (κ2) is 5.84. The molecule has 2 atom stereocenters. The van der Waals surface area contributed by atoms with Crippen LogP contribution in [0.3, 0.4) is 0 Å². The van der Waals surface area contributed by atoms with Gasteiger partial charge in [-0.15, -0.1) is 11.6 Å². The third kappa shape index (κ3) is 2.95. The van der Waals surface area contributed by atoms with E-state index in [0.29, 0.717) is 11.1 Å². The number of rotatable bonds is 4. The molecule has 0 saturated heterocycles. The minimum absolute atomic E-state index is 0.0797. The van der Waals surface area contributed by atoms with E-state index in [4.69, 9.17) is 11.6 Å². The molecule has 0 aliphatic heterocycles. The molecule has 1 aromatic rings. The maximum absolute atomic E-state index is 11.2. The standard InChI is InChI=1S/C11H13ClO4/c1-16-11(15)8-4-2-3-7(5-8)10(14)9(13)6-12/h2-5,9-10,13-14H,6H2,1H3. The van der Waals surface area contributed by atoms with Crippen LogP contribution in [0, 0.1) is 0 Å². The molecular weight excluding hydrogens is 232 g/mol. The lowest BCUT2D eigenvalue weighted by molar-refractivity contribution is 0.0325. The summed E-state index contributed by atoms with van der Waals surface area (Å²) in [4.78, 5) is 11.2. The van der Waals surface area contributed by atoms with Crippen LogP contribution in [0.5, 0.6) is 0 Å². The van der Waals surface area contributed by atoms with Crippen LogP contribution >= 0.6 is 11.6 Å². The lowest BCUT2D eigenvalue weighted by Crippen LogP contribution is -2.20. The molecule has 0 spiro atoms. The van der Waals surface area contributed by atoms with Crippen molar-refractivity contribution in [1.82, 2.24) is 0 Å². The zero-order valence-electron chi connectivity index (χ0n) is 8.76. The largest absolute Gasteiger partial charge is 0.465 e. The first-order chi connectivity index (χ1) is 7.60. The van der Waals surface area contributed by atoms with E-state index >= 15 is 0 Å². The minimum Gasteiger partial charge on any atom is -0.465 e. The first-order valence-electron chi connectivity index (χ1n) is 4.70. The van der Waals surface area contributed by atoms with Gasteiger partial charge >= 0.3 is 5.97 Å². The predicted octanol–water partition coefficient (Wildman–Crippen LogP) is 1.11. The molecule has 0 bridgehead atoms. The van der Waals surface area contributed by atoms with Gasteiger partial charge in [0, 0.05) is 0 Å². The molecule has 0 aliphatic rings. The number of aliphatic hydroxyl groups excluding tert-OH is 2. The second-order valence-electron chi connectivity index (χ2n) is 3.28. The van der Waals surface area contributed by atoms with Crippen molar-refractivity contribution in [2.24, 2.45) is 0 Å². The summed E-state index contributed by atoms with van der Waals surface area (Å²) in [6.07, 6.45) is -2.17. The van der Waals surface area contributed by atoms with Crippen LogP contribution in [0.1, 0.15) is 22.0 Å². The molecule has 0 fully saturated rings. The highest BCUT2D eigenvalue weighted by molar-refractivity contribution is 6.18. The molecule has 0 heterocycles.